The van der Waals surface area contributed by atoms with Crippen LogP contribution in [0.15, 0.2) is 103 Å². The number of rotatable bonds is 5. The molecule has 50 heavy (non-hydrogen) atoms. The second-order valence-electron chi connectivity index (χ2n) is 16.0. The summed E-state index contributed by atoms with van der Waals surface area (Å²) < 4.78 is 12.8. The van der Waals surface area contributed by atoms with Gasteiger partial charge in [-0.15, -0.1) is 29.7 Å². The van der Waals surface area contributed by atoms with Gasteiger partial charge in [-0.1, -0.05) is 98.2 Å². The molecule has 0 aliphatic rings. The SMILES string of the molecule is CC(C)(C)c1ccc(-[n+]2[c-]n(-c3[c-]c(Oc4[c-]c5c(cc4)c4ccccc4n5-c4cc(C(C)(C)C)ccn4)ccc3)cc2C(C)(C)C)cc1.[Pt]. The molecule has 0 amide bonds. The molecule has 0 radical (unpaired) electrons. The van der Waals surface area contributed by atoms with E-state index < -0.39 is 0 Å². The zero-order chi connectivity index (χ0) is 34.7. The Kier molecular flexibility index (Phi) is 9.20. The fraction of sp³-hybridized carbons (Fsp3) is 0.273. The van der Waals surface area contributed by atoms with E-state index in [1.54, 1.807) is 0 Å². The van der Waals surface area contributed by atoms with Crippen molar-refractivity contribution in [2.75, 3.05) is 0 Å². The van der Waals surface area contributed by atoms with Crippen LogP contribution in [0.2, 0.25) is 0 Å². The molecule has 0 fully saturated rings. The number of aromatic nitrogens is 4. The third-order valence-electron chi connectivity index (χ3n) is 9.09. The van der Waals surface area contributed by atoms with Crippen LogP contribution in [0.5, 0.6) is 11.5 Å². The van der Waals surface area contributed by atoms with Crippen molar-refractivity contribution in [2.45, 2.75) is 78.6 Å². The number of para-hydroxylation sites is 1. The van der Waals surface area contributed by atoms with Gasteiger partial charge in [-0.2, -0.15) is 18.2 Å². The van der Waals surface area contributed by atoms with Crippen LogP contribution < -0.4 is 9.30 Å². The van der Waals surface area contributed by atoms with Crippen LogP contribution in [-0.2, 0) is 37.3 Å². The fourth-order valence-corrected chi connectivity index (χ4v) is 6.26. The Morgan fingerprint density at radius 1 is 0.660 bits per heavy atom. The van der Waals surface area contributed by atoms with E-state index in [9.17, 15) is 0 Å². The minimum Gasteiger partial charge on any atom is -0.510 e. The number of hydrogen-bond donors (Lipinski definition) is 0. The Hall–Kier alpha value is -4.47. The van der Waals surface area contributed by atoms with Gasteiger partial charge < -0.3 is 13.9 Å². The number of benzene rings is 4. The van der Waals surface area contributed by atoms with Crippen LogP contribution in [0, 0.1) is 18.5 Å². The van der Waals surface area contributed by atoms with E-state index in [-0.39, 0.29) is 37.3 Å². The van der Waals surface area contributed by atoms with E-state index in [1.165, 1.54) is 11.1 Å². The topological polar surface area (TPSA) is 35.9 Å². The van der Waals surface area contributed by atoms with Gasteiger partial charge in [0.2, 0.25) is 0 Å². The maximum atomic E-state index is 6.47. The van der Waals surface area contributed by atoms with E-state index >= 15 is 0 Å². The van der Waals surface area contributed by atoms with Gasteiger partial charge in [-0.25, -0.2) is 4.98 Å². The third kappa shape index (κ3) is 6.81. The zero-order valence-electron chi connectivity index (χ0n) is 30.3. The minimum atomic E-state index is -0.108. The van der Waals surface area contributed by atoms with E-state index in [4.69, 9.17) is 9.72 Å². The van der Waals surface area contributed by atoms with Crippen LogP contribution in [0.4, 0.5) is 0 Å². The summed E-state index contributed by atoms with van der Waals surface area (Å²) in [6, 6.07) is 38.6. The van der Waals surface area contributed by atoms with Gasteiger partial charge in [0.05, 0.1) is 11.4 Å². The molecule has 5 nitrogen and oxygen atoms in total. The summed E-state index contributed by atoms with van der Waals surface area (Å²) in [5, 5.41) is 2.25. The summed E-state index contributed by atoms with van der Waals surface area (Å²) >= 11 is 0. The molecular weight excluding hydrogens is 796 g/mol. The van der Waals surface area contributed by atoms with Gasteiger partial charge >= 0.3 is 0 Å². The largest absolute Gasteiger partial charge is 0.510 e. The summed E-state index contributed by atoms with van der Waals surface area (Å²) in [4.78, 5) is 4.81. The number of hydrogen-bond acceptors (Lipinski definition) is 2. The Morgan fingerprint density at radius 2 is 1.36 bits per heavy atom. The monoisotopic (exact) mass is 839 g/mol. The summed E-state index contributed by atoms with van der Waals surface area (Å²) in [6.45, 7) is 20.1. The predicted molar refractivity (Wildman–Crippen MR) is 199 cm³/mol. The van der Waals surface area contributed by atoms with Crippen LogP contribution in [0.1, 0.15) is 79.1 Å². The summed E-state index contributed by atoms with van der Waals surface area (Å²) in [7, 11) is 0. The average molecular weight is 840 g/mol. The molecule has 7 rings (SSSR count). The predicted octanol–water partition coefficient (Wildman–Crippen LogP) is 10.3. The van der Waals surface area contributed by atoms with E-state index in [1.807, 2.05) is 35.0 Å². The summed E-state index contributed by atoms with van der Waals surface area (Å²) in [5.41, 5.74) is 7.56. The molecule has 3 heterocycles. The minimum absolute atomic E-state index is 0. The summed E-state index contributed by atoms with van der Waals surface area (Å²) in [5.74, 6) is 2.07. The number of fused-ring (bicyclic) bond motifs is 3. The standard InChI is InChI=1S/C44H44N4O.Pt/c1-42(2,3)30-17-19-32(20-18-30)47-29-46(28-40(47)44(7,8)9)33-13-12-14-34(26-33)49-35-21-22-37-36-15-10-11-16-38(36)48(39(37)27-35)41-25-31(23-24-45-41)43(4,5)6;/h10-25,28H,1-9H3;/q-2;. The average Bonchev–Trinajstić information content (AvgIpc) is 3.65. The first-order valence-corrected chi connectivity index (χ1v) is 17.0. The Bertz CT molecular complexity index is 2310. The Balaban J connectivity index is 0.00000432. The quantitative estimate of drug-likeness (QED) is 0.128. The van der Waals surface area contributed by atoms with Gasteiger partial charge in [0.25, 0.3) is 6.33 Å². The second kappa shape index (κ2) is 13.0. The van der Waals surface area contributed by atoms with Crippen molar-refractivity contribution in [1.82, 2.24) is 14.1 Å². The number of pyridine rings is 1. The van der Waals surface area contributed by atoms with Gasteiger partial charge in [0.1, 0.15) is 5.82 Å². The van der Waals surface area contributed by atoms with Crippen molar-refractivity contribution in [3.8, 4) is 28.7 Å². The Labute approximate surface area is 310 Å². The molecule has 0 bridgehead atoms. The molecule has 3 aromatic heterocycles. The van der Waals surface area contributed by atoms with E-state index in [0.717, 1.165) is 44.7 Å². The van der Waals surface area contributed by atoms with Crippen LogP contribution in [0.3, 0.4) is 0 Å². The second-order valence-corrected chi connectivity index (χ2v) is 16.0. The van der Waals surface area contributed by atoms with Crippen molar-refractivity contribution in [3.05, 3.63) is 139 Å². The van der Waals surface area contributed by atoms with Crippen LogP contribution >= 0.6 is 0 Å². The number of nitrogens with zero attached hydrogens (tertiary/aromatic N) is 4. The van der Waals surface area contributed by atoms with E-state index in [0.29, 0.717) is 11.5 Å². The molecule has 0 aliphatic heterocycles. The first kappa shape index (κ1) is 35.4. The zero-order valence-corrected chi connectivity index (χ0v) is 32.6. The molecule has 258 valence electrons. The molecule has 7 aromatic rings. The van der Waals surface area contributed by atoms with Gasteiger partial charge in [0.15, 0.2) is 0 Å². The van der Waals surface area contributed by atoms with Gasteiger partial charge in [-0.05, 0) is 68.8 Å². The molecule has 0 spiro atoms. The van der Waals surface area contributed by atoms with Crippen molar-refractivity contribution in [3.63, 3.8) is 0 Å². The van der Waals surface area contributed by atoms with Gasteiger partial charge in [0, 0.05) is 50.5 Å². The number of imidazole rings is 1. The molecule has 0 atom stereocenters. The fourth-order valence-electron chi connectivity index (χ4n) is 6.26. The first-order valence-electron chi connectivity index (χ1n) is 17.0. The molecule has 0 aliphatic carbocycles. The molecule has 4 aromatic carbocycles. The van der Waals surface area contributed by atoms with Gasteiger partial charge in [-0.3, -0.25) is 4.57 Å². The Morgan fingerprint density at radius 3 is 2.06 bits per heavy atom. The normalized spacial score (nSPS) is 12.3. The molecule has 0 unspecified atom stereocenters. The smallest absolute Gasteiger partial charge is 0.267 e. The summed E-state index contributed by atoms with van der Waals surface area (Å²) in [6.07, 6.45) is 7.61. The van der Waals surface area contributed by atoms with Crippen LogP contribution in [-0.4, -0.2) is 14.1 Å². The van der Waals surface area contributed by atoms with Crippen LogP contribution in [0.25, 0.3) is 39.0 Å². The van der Waals surface area contributed by atoms with Crippen molar-refractivity contribution >= 4 is 21.8 Å². The number of ether oxygens (including phenoxy) is 1. The maximum Gasteiger partial charge on any atom is 0.267 e. The first-order chi connectivity index (χ1) is 23.2. The third-order valence-corrected chi connectivity index (χ3v) is 9.09. The van der Waals surface area contributed by atoms with Crippen molar-refractivity contribution in [1.29, 1.82) is 0 Å². The maximum absolute atomic E-state index is 6.47. The molecule has 0 N–H and O–H groups in total. The van der Waals surface area contributed by atoms with Crippen molar-refractivity contribution < 1.29 is 30.4 Å². The van der Waals surface area contributed by atoms with Crippen molar-refractivity contribution in [2.24, 2.45) is 0 Å². The van der Waals surface area contributed by atoms with E-state index in [2.05, 4.69) is 163 Å². The molecule has 6 heteroatoms. The molecular formula is C44H44N4OPt-2. The molecule has 0 saturated carbocycles. The molecule has 0 saturated heterocycles.